The number of nitrogens with zero attached hydrogens (tertiary/aromatic N) is 2. The molecule has 3 rings (SSSR count). The smallest absolute Gasteiger partial charge is 0.285 e. The van der Waals surface area contributed by atoms with Crippen LogP contribution < -0.4 is 9.54 Å². The Bertz CT molecular complexity index is 1150. The lowest BCUT2D eigenvalue weighted by molar-refractivity contribution is 0.139. The van der Waals surface area contributed by atoms with Gasteiger partial charge in [0.25, 0.3) is 10.0 Å². The van der Waals surface area contributed by atoms with Gasteiger partial charge < -0.3 is 14.0 Å². The lowest BCUT2D eigenvalue weighted by Gasteiger charge is -2.07. The first-order valence-corrected chi connectivity index (χ1v) is 11.4. The molecule has 2 aromatic carbocycles. The normalized spacial score (nSPS) is 12.6. The van der Waals surface area contributed by atoms with Crippen LogP contribution in [-0.4, -0.2) is 33.3 Å². The van der Waals surface area contributed by atoms with E-state index in [2.05, 4.69) is 4.40 Å². The molecule has 0 N–H and O–H groups in total. The summed E-state index contributed by atoms with van der Waals surface area (Å²) in [7, 11) is -2.42. The highest BCUT2D eigenvalue weighted by Gasteiger charge is 2.17. The Morgan fingerprint density at radius 2 is 1.79 bits per heavy atom. The van der Waals surface area contributed by atoms with Gasteiger partial charge in [0.15, 0.2) is 0 Å². The van der Waals surface area contributed by atoms with E-state index >= 15 is 0 Å². The average Bonchev–Trinajstić information content (AvgIpc) is 3.04. The summed E-state index contributed by atoms with van der Waals surface area (Å²) in [5, 5.41) is 0.952. The summed E-state index contributed by atoms with van der Waals surface area (Å²) in [6.45, 7) is 3.22. The average molecular weight is 461 g/mol. The predicted octanol–water partition coefficient (Wildman–Crippen LogP) is 4.34. The lowest BCUT2D eigenvalue weighted by Crippen LogP contribution is -2.20. The van der Waals surface area contributed by atoms with Crippen LogP contribution in [0.3, 0.4) is 0 Å². The van der Waals surface area contributed by atoms with E-state index in [1.807, 2.05) is 6.92 Å². The lowest BCUT2D eigenvalue weighted by atomic mass is 10.3. The molecule has 10 heteroatoms. The first kappa shape index (κ1) is 21.1. The van der Waals surface area contributed by atoms with Gasteiger partial charge >= 0.3 is 0 Å². The molecule has 0 fully saturated rings. The van der Waals surface area contributed by atoms with Gasteiger partial charge in [0, 0.05) is 13.2 Å². The second-order valence-electron chi connectivity index (χ2n) is 5.68. The molecule has 1 heterocycles. The van der Waals surface area contributed by atoms with E-state index < -0.39 is 10.0 Å². The highest BCUT2D eigenvalue weighted by Crippen LogP contribution is 2.32. The quantitative estimate of drug-likeness (QED) is 0.491. The van der Waals surface area contributed by atoms with Gasteiger partial charge in [-0.2, -0.15) is 8.42 Å². The summed E-state index contributed by atoms with van der Waals surface area (Å²) in [5.74, 6) is 0.561. The maximum atomic E-state index is 12.8. The zero-order valence-corrected chi connectivity index (χ0v) is 18.3. The van der Waals surface area contributed by atoms with Crippen LogP contribution in [0.2, 0.25) is 10.0 Å². The maximum absolute atomic E-state index is 12.8. The van der Waals surface area contributed by atoms with Crippen molar-refractivity contribution in [3.8, 4) is 5.75 Å². The van der Waals surface area contributed by atoms with E-state index in [0.29, 0.717) is 45.8 Å². The third-order valence-electron chi connectivity index (χ3n) is 3.95. The largest absolute Gasteiger partial charge is 0.497 e. The fourth-order valence-corrected chi connectivity index (χ4v) is 5.47. The Morgan fingerprint density at radius 1 is 1.11 bits per heavy atom. The van der Waals surface area contributed by atoms with Crippen molar-refractivity contribution in [2.75, 3.05) is 20.3 Å². The zero-order valence-electron chi connectivity index (χ0n) is 15.2. The van der Waals surface area contributed by atoms with Gasteiger partial charge in [0.2, 0.25) is 4.80 Å². The van der Waals surface area contributed by atoms with Crippen molar-refractivity contribution >= 4 is 54.8 Å². The van der Waals surface area contributed by atoms with Crippen LogP contribution in [0.15, 0.2) is 45.7 Å². The number of rotatable bonds is 7. The Kier molecular flexibility index (Phi) is 6.67. The molecule has 0 unspecified atom stereocenters. The second kappa shape index (κ2) is 8.84. The predicted molar refractivity (Wildman–Crippen MR) is 112 cm³/mol. The van der Waals surface area contributed by atoms with Crippen molar-refractivity contribution in [2.45, 2.75) is 18.4 Å². The number of aromatic nitrogens is 1. The molecule has 0 saturated carbocycles. The summed E-state index contributed by atoms with van der Waals surface area (Å²) in [4.78, 5) is 0.347. The number of fused-ring (bicyclic) bond motifs is 1. The fourth-order valence-electron chi connectivity index (χ4n) is 2.59. The first-order valence-electron chi connectivity index (χ1n) is 8.37. The van der Waals surface area contributed by atoms with Gasteiger partial charge in [0.1, 0.15) is 5.75 Å². The molecule has 0 bridgehead atoms. The van der Waals surface area contributed by atoms with E-state index in [1.165, 1.54) is 30.6 Å². The summed E-state index contributed by atoms with van der Waals surface area (Å²) < 4.78 is 42.6. The standard InChI is InChI=1S/C18H18Cl2N2O4S2/c1-3-26-11-10-22-16-14(19)8-9-15(20)17(16)27-18(22)21-28(23,24)13-6-4-12(25-2)5-7-13/h4-9H,3,10-11H2,1-2H3/b21-18-. The highest BCUT2D eigenvalue weighted by molar-refractivity contribution is 7.90. The molecule has 0 saturated heterocycles. The van der Waals surface area contributed by atoms with Crippen molar-refractivity contribution < 1.29 is 17.9 Å². The van der Waals surface area contributed by atoms with Crippen molar-refractivity contribution in [1.82, 2.24) is 4.57 Å². The zero-order chi connectivity index (χ0) is 20.3. The third kappa shape index (κ3) is 4.36. The van der Waals surface area contributed by atoms with Crippen LogP contribution in [0.25, 0.3) is 10.2 Å². The number of thiazole rings is 1. The minimum Gasteiger partial charge on any atom is -0.497 e. The molecule has 0 radical (unpaired) electrons. The van der Waals surface area contributed by atoms with Gasteiger partial charge in [-0.3, -0.25) is 0 Å². The van der Waals surface area contributed by atoms with Crippen molar-refractivity contribution in [1.29, 1.82) is 0 Å². The molecule has 6 nitrogen and oxygen atoms in total. The van der Waals surface area contributed by atoms with Gasteiger partial charge in [-0.25, -0.2) is 0 Å². The Labute approximate surface area is 177 Å². The molecule has 28 heavy (non-hydrogen) atoms. The number of halogens is 2. The van der Waals surface area contributed by atoms with Crippen LogP contribution in [0.1, 0.15) is 6.92 Å². The molecular formula is C18H18Cl2N2O4S2. The number of benzene rings is 2. The van der Waals surface area contributed by atoms with E-state index in [-0.39, 0.29) is 9.70 Å². The van der Waals surface area contributed by atoms with Gasteiger partial charge in [0.05, 0.1) is 38.9 Å². The van der Waals surface area contributed by atoms with Crippen LogP contribution in [-0.2, 0) is 21.3 Å². The molecule has 1 aromatic heterocycles. The monoisotopic (exact) mass is 460 g/mol. The first-order chi connectivity index (χ1) is 13.4. The van der Waals surface area contributed by atoms with Crippen molar-refractivity contribution in [3.05, 3.63) is 51.2 Å². The maximum Gasteiger partial charge on any atom is 0.285 e. The van der Waals surface area contributed by atoms with Gasteiger partial charge in [-0.1, -0.05) is 34.5 Å². The summed E-state index contributed by atoms with van der Waals surface area (Å²) in [6, 6.07) is 9.41. The Hall–Kier alpha value is -1.58. The van der Waals surface area contributed by atoms with Gasteiger partial charge in [-0.05, 0) is 43.3 Å². The second-order valence-corrected chi connectivity index (χ2v) is 9.08. The summed E-state index contributed by atoms with van der Waals surface area (Å²) in [5.41, 5.74) is 0.641. The molecule has 0 amide bonds. The van der Waals surface area contributed by atoms with Crippen LogP contribution >= 0.6 is 34.5 Å². The molecule has 0 aliphatic carbocycles. The topological polar surface area (TPSA) is 69.9 Å². The molecule has 0 aliphatic heterocycles. The van der Waals surface area contributed by atoms with E-state index in [4.69, 9.17) is 32.7 Å². The van der Waals surface area contributed by atoms with Gasteiger partial charge in [-0.15, -0.1) is 4.40 Å². The molecule has 0 spiro atoms. The number of sulfonamides is 1. The Morgan fingerprint density at radius 3 is 2.43 bits per heavy atom. The highest BCUT2D eigenvalue weighted by atomic mass is 35.5. The molecule has 0 atom stereocenters. The van der Waals surface area contributed by atoms with E-state index in [1.54, 1.807) is 28.8 Å². The summed E-state index contributed by atoms with van der Waals surface area (Å²) in [6.07, 6.45) is 0. The number of hydrogen-bond acceptors (Lipinski definition) is 5. The molecular weight excluding hydrogens is 443 g/mol. The minimum atomic E-state index is -3.93. The SMILES string of the molecule is CCOCCn1/c(=N/S(=O)(=O)c2ccc(OC)cc2)sc2c(Cl)ccc(Cl)c21. The van der Waals surface area contributed by atoms with E-state index in [9.17, 15) is 8.42 Å². The summed E-state index contributed by atoms with van der Waals surface area (Å²) >= 11 is 13.8. The molecule has 150 valence electrons. The Balaban J connectivity index is 2.18. The number of methoxy groups -OCH3 is 1. The number of hydrogen-bond donors (Lipinski definition) is 0. The van der Waals surface area contributed by atoms with E-state index in [0.717, 1.165) is 0 Å². The molecule has 3 aromatic rings. The van der Waals surface area contributed by atoms with Crippen LogP contribution in [0, 0.1) is 0 Å². The fraction of sp³-hybridized carbons (Fsp3) is 0.278. The van der Waals surface area contributed by atoms with Crippen molar-refractivity contribution in [2.24, 2.45) is 4.40 Å². The van der Waals surface area contributed by atoms with Crippen LogP contribution in [0.5, 0.6) is 5.75 Å². The minimum absolute atomic E-state index is 0.0688. The molecule has 0 aliphatic rings. The van der Waals surface area contributed by atoms with Crippen LogP contribution in [0.4, 0.5) is 0 Å². The van der Waals surface area contributed by atoms with Crippen molar-refractivity contribution in [3.63, 3.8) is 0 Å². The third-order valence-corrected chi connectivity index (χ3v) is 7.19. The number of ether oxygens (including phenoxy) is 2.